The molecule has 0 aromatic carbocycles. The molecule has 3 rings (SSSR count). The first-order valence-corrected chi connectivity index (χ1v) is 7.64. The fraction of sp³-hybridized carbons (Fsp3) is 0.833. The average molecular weight is 270 g/mol. The monoisotopic (exact) mass is 270 g/mol. The summed E-state index contributed by atoms with van der Waals surface area (Å²) in [6, 6.07) is 0.247. The number of carbonyl (C=O) groups excluding carboxylic acids is 2. The van der Waals surface area contributed by atoms with Gasteiger partial charge in [-0.25, -0.2) is 0 Å². The molecule has 0 radical (unpaired) electrons. The molecule has 0 spiro atoms. The van der Waals surface area contributed by atoms with E-state index in [1.54, 1.807) is 16.7 Å². The van der Waals surface area contributed by atoms with Crippen LogP contribution in [0.15, 0.2) is 0 Å². The van der Waals surface area contributed by atoms with Gasteiger partial charge < -0.3 is 14.5 Å². The Morgan fingerprint density at radius 2 is 2.28 bits per heavy atom. The summed E-state index contributed by atoms with van der Waals surface area (Å²) in [7, 11) is 0. The van der Waals surface area contributed by atoms with E-state index < -0.39 is 0 Å². The molecule has 5 nitrogen and oxygen atoms in total. The standard InChI is InChI=1S/C12H18N2O3S/c15-11(5-13-8-18-7-12(13)16)14-3-4-17-6-10(14)9-1-2-9/h9-10H,1-8H2. The molecule has 100 valence electrons. The number of hydrogen-bond donors (Lipinski definition) is 0. The van der Waals surface area contributed by atoms with Crippen LogP contribution in [0.5, 0.6) is 0 Å². The first-order chi connectivity index (χ1) is 8.75. The molecule has 0 aromatic heterocycles. The maximum absolute atomic E-state index is 12.3. The van der Waals surface area contributed by atoms with Crippen molar-refractivity contribution in [2.24, 2.45) is 5.92 Å². The van der Waals surface area contributed by atoms with Gasteiger partial charge in [0.1, 0.15) is 6.54 Å². The zero-order valence-electron chi connectivity index (χ0n) is 10.3. The van der Waals surface area contributed by atoms with Gasteiger partial charge in [0.15, 0.2) is 0 Å². The molecule has 0 N–H and O–H groups in total. The molecule has 6 heteroatoms. The van der Waals surface area contributed by atoms with Gasteiger partial charge in [-0.1, -0.05) is 0 Å². The van der Waals surface area contributed by atoms with Crippen LogP contribution < -0.4 is 0 Å². The van der Waals surface area contributed by atoms with Crippen LogP contribution in [-0.2, 0) is 14.3 Å². The summed E-state index contributed by atoms with van der Waals surface area (Å²) >= 11 is 1.58. The molecule has 3 fully saturated rings. The lowest BCUT2D eigenvalue weighted by Crippen LogP contribution is -2.52. The van der Waals surface area contributed by atoms with E-state index in [1.807, 2.05) is 4.90 Å². The van der Waals surface area contributed by atoms with Crippen molar-refractivity contribution in [2.45, 2.75) is 18.9 Å². The third kappa shape index (κ3) is 2.49. The Balaban J connectivity index is 1.61. The van der Waals surface area contributed by atoms with Crippen molar-refractivity contribution in [2.75, 3.05) is 37.9 Å². The second kappa shape index (κ2) is 5.09. The summed E-state index contributed by atoms with van der Waals surface area (Å²) in [6.07, 6.45) is 2.41. The van der Waals surface area contributed by atoms with Crippen LogP contribution in [0.25, 0.3) is 0 Å². The number of hydrogen-bond acceptors (Lipinski definition) is 4. The van der Waals surface area contributed by atoms with Crippen molar-refractivity contribution in [3.8, 4) is 0 Å². The third-order valence-electron chi connectivity index (χ3n) is 3.80. The lowest BCUT2D eigenvalue weighted by molar-refractivity contribution is -0.145. The Hall–Kier alpha value is -0.750. The molecular formula is C12H18N2O3S. The highest BCUT2D eigenvalue weighted by atomic mass is 32.2. The Bertz CT molecular complexity index is 359. The summed E-state index contributed by atoms with van der Waals surface area (Å²) in [5.41, 5.74) is 0. The molecule has 2 heterocycles. The molecule has 2 aliphatic heterocycles. The zero-order valence-corrected chi connectivity index (χ0v) is 11.2. The van der Waals surface area contributed by atoms with E-state index in [0.717, 1.165) is 0 Å². The van der Waals surface area contributed by atoms with Gasteiger partial charge in [-0.05, 0) is 18.8 Å². The molecule has 3 aliphatic rings. The van der Waals surface area contributed by atoms with Gasteiger partial charge >= 0.3 is 0 Å². The first kappa shape index (κ1) is 12.3. The number of amides is 2. The molecule has 18 heavy (non-hydrogen) atoms. The predicted octanol–water partition coefficient (Wildman–Crippen LogP) is 0.157. The van der Waals surface area contributed by atoms with Gasteiger partial charge in [-0.3, -0.25) is 9.59 Å². The SMILES string of the molecule is O=C1CSCN1CC(=O)N1CCOCC1C1CC1. The molecule has 0 bridgehead atoms. The van der Waals surface area contributed by atoms with E-state index in [0.29, 0.717) is 37.3 Å². The Morgan fingerprint density at radius 1 is 1.44 bits per heavy atom. The highest BCUT2D eigenvalue weighted by molar-refractivity contribution is 8.00. The quantitative estimate of drug-likeness (QED) is 0.733. The van der Waals surface area contributed by atoms with Gasteiger partial charge in [0, 0.05) is 6.54 Å². The Morgan fingerprint density at radius 3 is 2.94 bits per heavy atom. The number of morpholine rings is 1. The average Bonchev–Trinajstić information content (AvgIpc) is 3.15. The number of carbonyl (C=O) groups is 2. The number of ether oxygens (including phenoxy) is 1. The summed E-state index contributed by atoms with van der Waals surface area (Å²) in [6.45, 7) is 2.21. The zero-order chi connectivity index (χ0) is 12.5. The van der Waals surface area contributed by atoms with E-state index in [2.05, 4.69) is 0 Å². The van der Waals surface area contributed by atoms with Crippen LogP contribution in [0.1, 0.15) is 12.8 Å². The maximum Gasteiger partial charge on any atom is 0.242 e. The van der Waals surface area contributed by atoms with Crippen LogP contribution in [0.4, 0.5) is 0 Å². The fourth-order valence-corrected chi connectivity index (χ4v) is 3.50. The van der Waals surface area contributed by atoms with Crippen LogP contribution >= 0.6 is 11.8 Å². The van der Waals surface area contributed by atoms with Crippen LogP contribution in [0, 0.1) is 5.92 Å². The van der Waals surface area contributed by atoms with E-state index >= 15 is 0 Å². The summed E-state index contributed by atoms with van der Waals surface area (Å²) < 4.78 is 5.48. The summed E-state index contributed by atoms with van der Waals surface area (Å²) in [5, 5.41) is 0. The van der Waals surface area contributed by atoms with Crippen LogP contribution in [0.2, 0.25) is 0 Å². The predicted molar refractivity (Wildman–Crippen MR) is 68.1 cm³/mol. The van der Waals surface area contributed by atoms with E-state index in [9.17, 15) is 9.59 Å². The highest BCUT2D eigenvalue weighted by Crippen LogP contribution is 2.36. The second-order valence-electron chi connectivity index (χ2n) is 5.14. The van der Waals surface area contributed by atoms with Crippen molar-refractivity contribution in [3.05, 3.63) is 0 Å². The fourth-order valence-electron chi connectivity index (χ4n) is 2.60. The largest absolute Gasteiger partial charge is 0.377 e. The third-order valence-corrected chi connectivity index (χ3v) is 4.75. The molecule has 2 amide bonds. The highest BCUT2D eigenvalue weighted by Gasteiger charge is 2.39. The Kier molecular flexibility index (Phi) is 3.48. The van der Waals surface area contributed by atoms with Gasteiger partial charge in [-0.15, -0.1) is 11.8 Å². The van der Waals surface area contributed by atoms with Crippen molar-refractivity contribution in [1.29, 1.82) is 0 Å². The van der Waals surface area contributed by atoms with Crippen LogP contribution in [-0.4, -0.2) is 65.6 Å². The molecule has 2 saturated heterocycles. The van der Waals surface area contributed by atoms with Crippen molar-refractivity contribution in [3.63, 3.8) is 0 Å². The lowest BCUT2D eigenvalue weighted by Gasteiger charge is -2.36. The van der Waals surface area contributed by atoms with E-state index in [4.69, 9.17) is 4.74 Å². The van der Waals surface area contributed by atoms with Gasteiger partial charge in [0.2, 0.25) is 11.8 Å². The molecule has 1 unspecified atom stereocenters. The van der Waals surface area contributed by atoms with E-state index in [1.165, 1.54) is 12.8 Å². The smallest absolute Gasteiger partial charge is 0.242 e. The second-order valence-corrected chi connectivity index (χ2v) is 6.09. The molecule has 1 aliphatic carbocycles. The van der Waals surface area contributed by atoms with Crippen LogP contribution in [0.3, 0.4) is 0 Å². The maximum atomic E-state index is 12.3. The molecule has 1 atom stereocenters. The van der Waals surface area contributed by atoms with Crippen molar-refractivity contribution >= 4 is 23.6 Å². The minimum absolute atomic E-state index is 0.0876. The van der Waals surface area contributed by atoms with Gasteiger partial charge in [-0.2, -0.15) is 0 Å². The van der Waals surface area contributed by atoms with Gasteiger partial charge in [0.05, 0.1) is 30.9 Å². The number of thioether (sulfide) groups is 1. The minimum Gasteiger partial charge on any atom is -0.377 e. The Labute approximate surface area is 111 Å². The van der Waals surface area contributed by atoms with E-state index in [-0.39, 0.29) is 24.4 Å². The first-order valence-electron chi connectivity index (χ1n) is 6.48. The van der Waals surface area contributed by atoms with Crippen molar-refractivity contribution in [1.82, 2.24) is 9.80 Å². The van der Waals surface area contributed by atoms with Gasteiger partial charge in [0.25, 0.3) is 0 Å². The summed E-state index contributed by atoms with van der Waals surface area (Å²) in [4.78, 5) is 27.4. The number of rotatable bonds is 3. The molecular weight excluding hydrogens is 252 g/mol. The van der Waals surface area contributed by atoms with Crippen molar-refractivity contribution < 1.29 is 14.3 Å². The topological polar surface area (TPSA) is 49.9 Å². The molecule has 0 aromatic rings. The normalized spacial score (nSPS) is 28.9. The lowest BCUT2D eigenvalue weighted by atomic mass is 10.1. The minimum atomic E-state index is 0.0876. The number of nitrogens with zero attached hydrogens (tertiary/aromatic N) is 2. The molecule has 1 saturated carbocycles. The summed E-state index contributed by atoms with van der Waals surface area (Å²) in [5.74, 6) is 1.97.